The predicted molar refractivity (Wildman–Crippen MR) is 86.2 cm³/mol. The molecule has 1 amide bonds. The van der Waals surface area contributed by atoms with E-state index < -0.39 is 0 Å². The van der Waals surface area contributed by atoms with Crippen LogP contribution in [0, 0.1) is 5.92 Å². The SMILES string of the molecule is O=C(C[C@@H]1C[C@H]2CN(Cc3nccs3)C[C@H]2O1)N1CCOCC1. The number of nitrogens with zero attached hydrogens (tertiary/aromatic N) is 3. The van der Waals surface area contributed by atoms with Crippen LogP contribution in [-0.4, -0.2) is 72.3 Å². The average Bonchev–Trinajstić information content (AvgIpc) is 3.25. The molecule has 126 valence electrons. The molecule has 1 aromatic heterocycles. The Balaban J connectivity index is 1.24. The summed E-state index contributed by atoms with van der Waals surface area (Å²) in [7, 11) is 0. The van der Waals surface area contributed by atoms with Crippen LogP contribution in [0.4, 0.5) is 0 Å². The molecule has 7 heteroatoms. The molecule has 6 nitrogen and oxygen atoms in total. The highest BCUT2D eigenvalue weighted by Crippen LogP contribution is 2.35. The standard InChI is InChI=1S/C16H23N3O3S/c20-16(19-2-4-21-5-3-19)8-13-7-12-9-18(10-14(12)22-13)11-15-17-1-6-23-15/h1,6,12-14H,2-5,7-11H2/t12-,13-,14+/m0/s1. The maximum Gasteiger partial charge on any atom is 0.225 e. The maximum atomic E-state index is 12.3. The van der Waals surface area contributed by atoms with Crippen molar-refractivity contribution in [3.05, 3.63) is 16.6 Å². The molecule has 3 atom stereocenters. The summed E-state index contributed by atoms with van der Waals surface area (Å²) in [6.45, 7) is 5.72. The summed E-state index contributed by atoms with van der Waals surface area (Å²) < 4.78 is 11.5. The second-order valence-corrected chi connectivity index (χ2v) is 7.59. The normalized spacial score (nSPS) is 31.5. The summed E-state index contributed by atoms with van der Waals surface area (Å²) >= 11 is 1.71. The molecule has 0 saturated carbocycles. The number of aromatic nitrogens is 1. The van der Waals surface area contributed by atoms with Crippen molar-refractivity contribution in [2.45, 2.75) is 31.6 Å². The zero-order valence-electron chi connectivity index (χ0n) is 13.2. The molecular formula is C16H23N3O3S. The van der Waals surface area contributed by atoms with E-state index in [1.165, 1.54) is 5.01 Å². The van der Waals surface area contributed by atoms with E-state index in [1.54, 1.807) is 11.3 Å². The number of likely N-dealkylation sites (tertiary alicyclic amines) is 1. The summed E-state index contributed by atoms with van der Waals surface area (Å²) in [6, 6.07) is 0. The van der Waals surface area contributed by atoms with Gasteiger partial charge in [0, 0.05) is 43.7 Å². The van der Waals surface area contributed by atoms with E-state index in [1.807, 2.05) is 16.5 Å². The molecule has 4 rings (SSSR count). The molecule has 0 radical (unpaired) electrons. The number of thiazole rings is 1. The van der Waals surface area contributed by atoms with Gasteiger partial charge in [-0.1, -0.05) is 0 Å². The van der Waals surface area contributed by atoms with Crippen molar-refractivity contribution < 1.29 is 14.3 Å². The third-order valence-electron chi connectivity index (χ3n) is 5.00. The summed E-state index contributed by atoms with van der Waals surface area (Å²) in [6.07, 6.45) is 3.79. The Morgan fingerprint density at radius 1 is 1.35 bits per heavy atom. The van der Waals surface area contributed by atoms with Crippen molar-refractivity contribution in [2.75, 3.05) is 39.4 Å². The zero-order valence-corrected chi connectivity index (χ0v) is 14.0. The number of hydrogen-bond donors (Lipinski definition) is 0. The molecular weight excluding hydrogens is 314 g/mol. The van der Waals surface area contributed by atoms with Gasteiger partial charge in [-0.25, -0.2) is 4.98 Å². The first-order valence-corrected chi connectivity index (χ1v) is 9.27. The second kappa shape index (κ2) is 6.84. The monoisotopic (exact) mass is 337 g/mol. The number of rotatable bonds is 4. The van der Waals surface area contributed by atoms with Crippen LogP contribution in [0.1, 0.15) is 17.8 Å². The summed E-state index contributed by atoms with van der Waals surface area (Å²) in [5.41, 5.74) is 0. The van der Waals surface area contributed by atoms with Crippen LogP contribution in [0.25, 0.3) is 0 Å². The molecule has 3 saturated heterocycles. The van der Waals surface area contributed by atoms with Gasteiger partial charge in [0.25, 0.3) is 0 Å². The minimum absolute atomic E-state index is 0.0994. The number of amides is 1. The average molecular weight is 337 g/mol. The molecule has 1 aromatic rings. The number of morpholine rings is 1. The molecule has 4 heterocycles. The van der Waals surface area contributed by atoms with Crippen molar-refractivity contribution in [1.29, 1.82) is 0 Å². The molecule has 0 aromatic carbocycles. The van der Waals surface area contributed by atoms with Crippen molar-refractivity contribution >= 4 is 17.2 Å². The van der Waals surface area contributed by atoms with E-state index >= 15 is 0 Å². The van der Waals surface area contributed by atoms with Crippen LogP contribution < -0.4 is 0 Å². The fourth-order valence-electron chi connectivity index (χ4n) is 3.87. The first kappa shape index (κ1) is 15.5. The van der Waals surface area contributed by atoms with Gasteiger partial charge in [0.15, 0.2) is 0 Å². The van der Waals surface area contributed by atoms with Gasteiger partial charge in [0.2, 0.25) is 5.91 Å². The van der Waals surface area contributed by atoms with Gasteiger partial charge in [0.1, 0.15) is 5.01 Å². The van der Waals surface area contributed by atoms with Crippen LogP contribution in [-0.2, 0) is 20.8 Å². The van der Waals surface area contributed by atoms with Crippen LogP contribution >= 0.6 is 11.3 Å². The summed E-state index contributed by atoms with van der Waals surface area (Å²) in [4.78, 5) is 21.0. The number of hydrogen-bond acceptors (Lipinski definition) is 6. The Kier molecular flexibility index (Phi) is 4.61. The van der Waals surface area contributed by atoms with Gasteiger partial charge in [-0.15, -0.1) is 11.3 Å². The van der Waals surface area contributed by atoms with E-state index in [0.717, 1.165) is 39.1 Å². The van der Waals surface area contributed by atoms with Crippen LogP contribution in [0.5, 0.6) is 0 Å². The number of carbonyl (C=O) groups is 1. The molecule has 0 bridgehead atoms. The quantitative estimate of drug-likeness (QED) is 0.820. The first-order valence-electron chi connectivity index (χ1n) is 8.39. The molecule has 0 N–H and O–H groups in total. The second-order valence-electron chi connectivity index (χ2n) is 6.61. The van der Waals surface area contributed by atoms with E-state index in [4.69, 9.17) is 9.47 Å². The molecule has 23 heavy (non-hydrogen) atoms. The lowest BCUT2D eigenvalue weighted by Crippen LogP contribution is -2.42. The van der Waals surface area contributed by atoms with Crippen molar-refractivity contribution in [1.82, 2.24) is 14.8 Å². The lowest BCUT2D eigenvalue weighted by Gasteiger charge is -2.28. The minimum Gasteiger partial charge on any atom is -0.378 e. The highest BCUT2D eigenvalue weighted by molar-refractivity contribution is 7.09. The third-order valence-corrected chi connectivity index (χ3v) is 5.76. The smallest absolute Gasteiger partial charge is 0.225 e. The van der Waals surface area contributed by atoms with E-state index in [9.17, 15) is 4.79 Å². The van der Waals surface area contributed by atoms with Crippen molar-refractivity contribution in [3.8, 4) is 0 Å². The lowest BCUT2D eigenvalue weighted by atomic mass is 10.0. The zero-order chi connectivity index (χ0) is 15.6. The van der Waals surface area contributed by atoms with Gasteiger partial charge in [0.05, 0.1) is 38.4 Å². The largest absolute Gasteiger partial charge is 0.378 e. The molecule has 3 fully saturated rings. The van der Waals surface area contributed by atoms with Gasteiger partial charge in [-0.2, -0.15) is 0 Å². The Morgan fingerprint density at radius 2 is 2.22 bits per heavy atom. The highest BCUT2D eigenvalue weighted by Gasteiger charge is 2.42. The van der Waals surface area contributed by atoms with Gasteiger partial charge in [-0.05, 0) is 6.42 Å². The topological polar surface area (TPSA) is 54.9 Å². The van der Waals surface area contributed by atoms with Crippen LogP contribution in [0.3, 0.4) is 0 Å². The Morgan fingerprint density at radius 3 is 2.96 bits per heavy atom. The van der Waals surface area contributed by atoms with Crippen molar-refractivity contribution in [2.24, 2.45) is 5.92 Å². The number of fused-ring (bicyclic) bond motifs is 1. The fourth-order valence-corrected chi connectivity index (χ4v) is 4.53. The van der Waals surface area contributed by atoms with Gasteiger partial charge in [-0.3, -0.25) is 9.69 Å². The third kappa shape index (κ3) is 3.57. The van der Waals surface area contributed by atoms with E-state index in [-0.39, 0.29) is 18.1 Å². The van der Waals surface area contributed by atoms with Gasteiger partial charge >= 0.3 is 0 Å². The molecule has 3 aliphatic rings. The van der Waals surface area contributed by atoms with Crippen LogP contribution in [0.15, 0.2) is 11.6 Å². The molecule has 0 spiro atoms. The number of carbonyl (C=O) groups excluding carboxylic acids is 1. The molecule has 0 aliphatic carbocycles. The predicted octanol–water partition coefficient (Wildman–Crippen LogP) is 0.981. The van der Waals surface area contributed by atoms with Crippen LogP contribution in [0.2, 0.25) is 0 Å². The minimum atomic E-state index is 0.0994. The number of ether oxygens (including phenoxy) is 2. The van der Waals surface area contributed by atoms with Crippen molar-refractivity contribution in [3.63, 3.8) is 0 Å². The molecule has 0 unspecified atom stereocenters. The summed E-state index contributed by atoms with van der Waals surface area (Å²) in [5.74, 6) is 0.787. The summed E-state index contributed by atoms with van der Waals surface area (Å²) in [5, 5.41) is 3.19. The Labute approximate surface area is 140 Å². The Hall–Kier alpha value is -1.02. The Bertz CT molecular complexity index is 519. The van der Waals surface area contributed by atoms with E-state index in [2.05, 4.69) is 9.88 Å². The highest BCUT2D eigenvalue weighted by atomic mass is 32.1. The maximum absolute atomic E-state index is 12.3. The van der Waals surface area contributed by atoms with Gasteiger partial charge < -0.3 is 14.4 Å². The first-order chi connectivity index (χ1) is 11.3. The van der Waals surface area contributed by atoms with E-state index in [0.29, 0.717) is 25.6 Å². The fraction of sp³-hybridized carbons (Fsp3) is 0.750. The lowest BCUT2D eigenvalue weighted by molar-refractivity contribution is -0.138. The molecule has 3 aliphatic heterocycles.